The molecule has 0 aromatic heterocycles. The maximum atomic E-state index is 13.6. The van der Waals surface area contributed by atoms with Crippen molar-refractivity contribution in [1.29, 1.82) is 0 Å². The van der Waals surface area contributed by atoms with Gasteiger partial charge in [0.2, 0.25) is 0 Å². The lowest BCUT2D eigenvalue weighted by Crippen LogP contribution is -2.31. The van der Waals surface area contributed by atoms with Gasteiger partial charge in [-0.1, -0.05) is 20.8 Å². The second kappa shape index (κ2) is 6.05. The highest BCUT2D eigenvalue weighted by molar-refractivity contribution is 9.10. The molecule has 0 unspecified atom stereocenters. The summed E-state index contributed by atoms with van der Waals surface area (Å²) in [5.41, 5.74) is 2.44. The molecular weight excluding hydrogens is 317 g/mol. The van der Waals surface area contributed by atoms with Gasteiger partial charge in [-0.05, 0) is 77.6 Å². The standard InChI is InChI=1S/C17H25BrFN/c1-11-9-14(18)15(19)10-16(11)20-13-7-5-12(6-8-13)17(2,3)4/h9-10,12-13,20H,5-8H2,1-4H3. The fraction of sp³-hybridized carbons (Fsp3) is 0.647. The number of rotatable bonds is 2. The number of hydrogen-bond donors (Lipinski definition) is 1. The first-order chi connectivity index (χ1) is 9.27. The molecule has 1 fully saturated rings. The molecule has 1 saturated carbocycles. The summed E-state index contributed by atoms with van der Waals surface area (Å²) in [4.78, 5) is 0. The van der Waals surface area contributed by atoms with Gasteiger partial charge in [-0.15, -0.1) is 0 Å². The van der Waals surface area contributed by atoms with Crippen molar-refractivity contribution in [1.82, 2.24) is 0 Å². The molecule has 0 heterocycles. The maximum absolute atomic E-state index is 13.6. The Kier molecular flexibility index (Phi) is 4.78. The quantitative estimate of drug-likeness (QED) is 0.704. The topological polar surface area (TPSA) is 12.0 Å². The highest BCUT2D eigenvalue weighted by Gasteiger charge is 2.29. The monoisotopic (exact) mass is 341 g/mol. The van der Waals surface area contributed by atoms with Gasteiger partial charge < -0.3 is 5.32 Å². The zero-order chi connectivity index (χ0) is 14.9. The van der Waals surface area contributed by atoms with E-state index in [1.165, 1.54) is 25.7 Å². The zero-order valence-corrected chi connectivity index (χ0v) is 14.5. The Morgan fingerprint density at radius 2 is 1.75 bits per heavy atom. The lowest BCUT2D eigenvalue weighted by molar-refractivity contribution is 0.173. The Balaban J connectivity index is 1.98. The van der Waals surface area contributed by atoms with Crippen molar-refractivity contribution in [2.75, 3.05) is 5.32 Å². The van der Waals surface area contributed by atoms with Crippen LogP contribution in [0.2, 0.25) is 0 Å². The normalized spacial score (nSPS) is 23.7. The van der Waals surface area contributed by atoms with Crippen molar-refractivity contribution < 1.29 is 4.39 Å². The van der Waals surface area contributed by atoms with Crippen LogP contribution in [0, 0.1) is 24.1 Å². The van der Waals surface area contributed by atoms with Gasteiger partial charge in [-0.2, -0.15) is 0 Å². The second-order valence-electron chi connectivity index (χ2n) is 7.14. The van der Waals surface area contributed by atoms with Crippen molar-refractivity contribution in [3.8, 4) is 0 Å². The van der Waals surface area contributed by atoms with Crippen LogP contribution in [0.5, 0.6) is 0 Å². The van der Waals surface area contributed by atoms with E-state index in [0.29, 0.717) is 15.9 Å². The van der Waals surface area contributed by atoms with Gasteiger partial charge in [-0.3, -0.25) is 0 Å². The SMILES string of the molecule is Cc1cc(Br)c(F)cc1NC1CCC(C(C)(C)C)CC1. The number of hydrogen-bond acceptors (Lipinski definition) is 1. The molecule has 1 N–H and O–H groups in total. The molecule has 1 nitrogen and oxygen atoms in total. The smallest absolute Gasteiger partial charge is 0.139 e. The predicted molar refractivity (Wildman–Crippen MR) is 87.7 cm³/mol. The van der Waals surface area contributed by atoms with E-state index >= 15 is 0 Å². The van der Waals surface area contributed by atoms with Crippen molar-refractivity contribution >= 4 is 21.6 Å². The molecule has 0 radical (unpaired) electrons. The molecule has 0 bridgehead atoms. The number of halogens is 2. The summed E-state index contributed by atoms with van der Waals surface area (Å²) in [5, 5.41) is 3.53. The first-order valence-electron chi connectivity index (χ1n) is 7.49. The molecule has 0 spiro atoms. The largest absolute Gasteiger partial charge is 0.382 e. The second-order valence-corrected chi connectivity index (χ2v) is 7.99. The van der Waals surface area contributed by atoms with Gasteiger partial charge in [-0.25, -0.2) is 4.39 Å². The number of aryl methyl sites for hydroxylation is 1. The average molecular weight is 342 g/mol. The number of anilines is 1. The molecule has 20 heavy (non-hydrogen) atoms. The maximum Gasteiger partial charge on any atom is 0.139 e. The number of nitrogens with one attached hydrogen (secondary N) is 1. The first-order valence-corrected chi connectivity index (χ1v) is 8.29. The third kappa shape index (κ3) is 3.75. The predicted octanol–water partition coefficient (Wildman–Crippen LogP) is 5.91. The van der Waals surface area contributed by atoms with Crippen molar-refractivity contribution in [2.45, 2.75) is 59.4 Å². The molecule has 0 atom stereocenters. The minimum absolute atomic E-state index is 0.193. The fourth-order valence-electron chi connectivity index (χ4n) is 3.13. The highest BCUT2D eigenvalue weighted by atomic mass is 79.9. The Hall–Kier alpha value is -0.570. The summed E-state index contributed by atoms with van der Waals surface area (Å²) in [5.74, 6) is 0.616. The molecule has 1 aliphatic carbocycles. The summed E-state index contributed by atoms with van der Waals surface area (Å²) in [6.07, 6.45) is 4.89. The molecule has 0 aliphatic heterocycles. The van der Waals surface area contributed by atoms with E-state index in [1.807, 2.05) is 13.0 Å². The Morgan fingerprint density at radius 1 is 1.15 bits per heavy atom. The van der Waals surface area contributed by atoms with E-state index in [9.17, 15) is 4.39 Å². The Bertz CT molecular complexity index is 471. The van der Waals surface area contributed by atoms with Crippen LogP contribution in [0.15, 0.2) is 16.6 Å². The van der Waals surface area contributed by atoms with Crippen LogP contribution in [0.25, 0.3) is 0 Å². The van der Waals surface area contributed by atoms with Gasteiger partial charge in [0.15, 0.2) is 0 Å². The molecule has 112 valence electrons. The lowest BCUT2D eigenvalue weighted by atomic mass is 9.71. The molecule has 3 heteroatoms. The van der Waals surface area contributed by atoms with Crippen LogP contribution >= 0.6 is 15.9 Å². The van der Waals surface area contributed by atoms with E-state index in [2.05, 4.69) is 42.0 Å². The van der Waals surface area contributed by atoms with Crippen LogP contribution in [0.4, 0.5) is 10.1 Å². The summed E-state index contributed by atoms with van der Waals surface area (Å²) < 4.78 is 14.2. The van der Waals surface area contributed by atoms with E-state index in [1.54, 1.807) is 6.07 Å². The van der Waals surface area contributed by atoms with E-state index in [4.69, 9.17) is 0 Å². The minimum Gasteiger partial charge on any atom is -0.382 e. The van der Waals surface area contributed by atoms with Crippen LogP contribution in [-0.2, 0) is 0 Å². The van der Waals surface area contributed by atoms with Crippen molar-refractivity contribution in [2.24, 2.45) is 11.3 Å². The summed E-state index contributed by atoms with van der Waals surface area (Å²) >= 11 is 3.23. The Morgan fingerprint density at radius 3 is 2.30 bits per heavy atom. The minimum atomic E-state index is -0.193. The van der Waals surface area contributed by atoms with Gasteiger partial charge in [0.05, 0.1) is 4.47 Å². The molecule has 1 aromatic rings. The molecule has 1 aromatic carbocycles. The average Bonchev–Trinajstić information content (AvgIpc) is 2.35. The van der Waals surface area contributed by atoms with Gasteiger partial charge in [0.25, 0.3) is 0 Å². The molecule has 0 saturated heterocycles. The Labute approximate surface area is 130 Å². The molecule has 1 aliphatic rings. The van der Waals surface area contributed by atoms with Gasteiger partial charge in [0.1, 0.15) is 5.82 Å². The van der Waals surface area contributed by atoms with E-state index < -0.39 is 0 Å². The zero-order valence-electron chi connectivity index (χ0n) is 12.9. The molecule has 0 amide bonds. The summed E-state index contributed by atoms with van der Waals surface area (Å²) in [6, 6.07) is 3.93. The van der Waals surface area contributed by atoms with Gasteiger partial charge in [0, 0.05) is 11.7 Å². The van der Waals surface area contributed by atoms with Crippen molar-refractivity contribution in [3.63, 3.8) is 0 Å². The molecule has 2 rings (SSSR count). The lowest BCUT2D eigenvalue weighted by Gasteiger charge is -2.37. The van der Waals surface area contributed by atoms with Gasteiger partial charge >= 0.3 is 0 Å². The van der Waals surface area contributed by atoms with Crippen LogP contribution in [-0.4, -0.2) is 6.04 Å². The van der Waals surface area contributed by atoms with Crippen LogP contribution in [0.1, 0.15) is 52.0 Å². The van der Waals surface area contributed by atoms with Crippen LogP contribution < -0.4 is 5.32 Å². The van der Waals surface area contributed by atoms with E-state index in [0.717, 1.165) is 17.2 Å². The highest BCUT2D eigenvalue weighted by Crippen LogP contribution is 2.38. The van der Waals surface area contributed by atoms with Crippen LogP contribution in [0.3, 0.4) is 0 Å². The molecular formula is C17H25BrFN. The van der Waals surface area contributed by atoms with Crippen molar-refractivity contribution in [3.05, 3.63) is 28.0 Å². The third-order valence-corrected chi connectivity index (χ3v) is 5.19. The van der Waals surface area contributed by atoms with E-state index in [-0.39, 0.29) is 5.82 Å². The fourth-order valence-corrected chi connectivity index (χ4v) is 3.58. The summed E-state index contributed by atoms with van der Waals surface area (Å²) in [7, 11) is 0. The first kappa shape index (κ1) is 15.8. The summed E-state index contributed by atoms with van der Waals surface area (Å²) in [6.45, 7) is 9.02. The number of benzene rings is 1. The third-order valence-electron chi connectivity index (χ3n) is 4.58.